The zero-order valence-electron chi connectivity index (χ0n) is 10.0. The van der Waals surface area contributed by atoms with Gasteiger partial charge in [0.1, 0.15) is 11.6 Å². The van der Waals surface area contributed by atoms with Gasteiger partial charge in [-0.15, -0.1) is 0 Å². The molecule has 0 saturated heterocycles. The van der Waals surface area contributed by atoms with E-state index in [9.17, 15) is 4.39 Å². The maximum Gasteiger partial charge on any atom is 0.143 e. The Morgan fingerprint density at radius 1 is 1.35 bits per heavy atom. The van der Waals surface area contributed by atoms with E-state index in [0.717, 1.165) is 34.9 Å². The highest BCUT2D eigenvalue weighted by Crippen LogP contribution is 2.24. The van der Waals surface area contributed by atoms with E-state index in [2.05, 4.69) is 17.3 Å². The van der Waals surface area contributed by atoms with Crippen LogP contribution >= 0.6 is 0 Å². The highest BCUT2D eigenvalue weighted by Gasteiger charge is 2.08. The van der Waals surface area contributed by atoms with Crippen LogP contribution < -0.4 is 11.3 Å². The molecule has 0 aliphatic heterocycles. The van der Waals surface area contributed by atoms with E-state index >= 15 is 0 Å². The minimum atomic E-state index is -0.229. The van der Waals surface area contributed by atoms with Gasteiger partial charge in [0.05, 0.1) is 5.52 Å². The molecule has 0 fully saturated rings. The standard InChI is InChI=1S/C13H16FN3/c1-3-4-9-6-10-7-11(14)5-8(2)12(10)16-13(9)17-15/h5-7H,3-4,15H2,1-2H3,(H,16,17). The third-order valence-corrected chi connectivity index (χ3v) is 2.81. The Morgan fingerprint density at radius 2 is 2.12 bits per heavy atom. The Morgan fingerprint density at radius 3 is 2.76 bits per heavy atom. The van der Waals surface area contributed by atoms with Crippen LogP contribution in [0.15, 0.2) is 18.2 Å². The quantitative estimate of drug-likeness (QED) is 0.633. The lowest BCUT2D eigenvalue weighted by Gasteiger charge is -2.10. The number of nitrogen functional groups attached to an aromatic ring is 1. The molecule has 0 bridgehead atoms. The summed E-state index contributed by atoms with van der Waals surface area (Å²) in [6.07, 6.45) is 1.87. The maximum absolute atomic E-state index is 13.3. The van der Waals surface area contributed by atoms with Crippen molar-refractivity contribution in [2.24, 2.45) is 5.84 Å². The van der Waals surface area contributed by atoms with Crippen molar-refractivity contribution in [2.45, 2.75) is 26.7 Å². The van der Waals surface area contributed by atoms with E-state index < -0.39 is 0 Å². The number of hydrogen-bond donors (Lipinski definition) is 2. The molecule has 4 heteroatoms. The molecular formula is C13H16FN3. The van der Waals surface area contributed by atoms with Crippen molar-refractivity contribution in [3.63, 3.8) is 0 Å². The summed E-state index contributed by atoms with van der Waals surface area (Å²) in [6, 6.07) is 4.95. The van der Waals surface area contributed by atoms with E-state index in [1.54, 1.807) is 0 Å². The predicted molar refractivity (Wildman–Crippen MR) is 68.2 cm³/mol. The summed E-state index contributed by atoms with van der Waals surface area (Å²) < 4.78 is 13.3. The van der Waals surface area contributed by atoms with E-state index in [0.29, 0.717) is 5.82 Å². The Hall–Kier alpha value is -1.68. The SMILES string of the molecule is CCCc1cc2cc(F)cc(C)c2nc1NN. The number of hydrogen-bond acceptors (Lipinski definition) is 3. The van der Waals surface area contributed by atoms with Crippen LogP contribution in [0.25, 0.3) is 10.9 Å². The molecule has 3 nitrogen and oxygen atoms in total. The maximum atomic E-state index is 13.3. The lowest BCUT2D eigenvalue weighted by molar-refractivity contribution is 0.628. The summed E-state index contributed by atoms with van der Waals surface area (Å²) in [5, 5.41) is 0.824. The Kier molecular flexibility index (Phi) is 3.24. The second-order valence-electron chi connectivity index (χ2n) is 4.18. The summed E-state index contributed by atoms with van der Waals surface area (Å²) >= 11 is 0. The number of fused-ring (bicyclic) bond motifs is 1. The van der Waals surface area contributed by atoms with Crippen LogP contribution in [0.4, 0.5) is 10.2 Å². The van der Waals surface area contributed by atoms with Gasteiger partial charge >= 0.3 is 0 Å². The first-order valence-electron chi connectivity index (χ1n) is 5.72. The number of nitrogens with zero attached hydrogens (tertiary/aromatic N) is 1. The number of nitrogens with two attached hydrogens (primary N) is 1. The lowest BCUT2D eigenvalue weighted by atomic mass is 10.1. The van der Waals surface area contributed by atoms with E-state index in [4.69, 9.17) is 5.84 Å². The molecule has 0 aliphatic carbocycles. The summed E-state index contributed by atoms with van der Waals surface area (Å²) in [6.45, 7) is 3.93. The van der Waals surface area contributed by atoms with Gasteiger partial charge in [0.25, 0.3) is 0 Å². The van der Waals surface area contributed by atoms with Crippen LogP contribution in [0, 0.1) is 12.7 Å². The molecule has 0 atom stereocenters. The molecule has 0 spiro atoms. The van der Waals surface area contributed by atoms with Gasteiger partial charge in [-0.25, -0.2) is 15.2 Å². The van der Waals surface area contributed by atoms with Gasteiger partial charge in [0, 0.05) is 5.39 Å². The average Bonchev–Trinajstić information content (AvgIpc) is 2.28. The van der Waals surface area contributed by atoms with E-state index in [-0.39, 0.29) is 5.82 Å². The summed E-state index contributed by atoms with van der Waals surface area (Å²) in [7, 11) is 0. The first-order chi connectivity index (χ1) is 8.15. The van der Waals surface area contributed by atoms with Gasteiger partial charge in [-0.05, 0) is 42.7 Å². The molecule has 0 amide bonds. The number of pyridine rings is 1. The zero-order valence-corrected chi connectivity index (χ0v) is 10.0. The van der Waals surface area contributed by atoms with Crippen LogP contribution in [0.1, 0.15) is 24.5 Å². The summed E-state index contributed by atoms with van der Waals surface area (Å²) in [4.78, 5) is 4.45. The van der Waals surface area contributed by atoms with Crippen LogP contribution in [-0.2, 0) is 6.42 Å². The zero-order chi connectivity index (χ0) is 12.4. The van der Waals surface area contributed by atoms with Crippen molar-refractivity contribution in [3.8, 4) is 0 Å². The third kappa shape index (κ3) is 2.22. The first kappa shape index (κ1) is 11.8. The van der Waals surface area contributed by atoms with Crippen LogP contribution in [-0.4, -0.2) is 4.98 Å². The second-order valence-corrected chi connectivity index (χ2v) is 4.18. The molecule has 1 aromatic carbocycles. The Bertz CT molecular complexity index is 552. The topological polar surface area (TPSA) is 50.9 Å². The monoisotopic (exact) mass is 233 g/mol. The van der Waals surface area contributed by atoms with Gasteiger partial charge in [0.15, 0.2) is 0 Å². The number of hydrazine groups is 1. The lowest BCUT2D eigenvalue weighted by Crippen LogP contribution is -2.11. The van der Waals surface area contributed by atoms with Gasteiger partial charge < -0.3 is 5.43 Å². The molecule has 0 radical (unpaired) electrons. The van der Waals surface area contributed by atoms with Crippen molar-refractivity contribution >= 4 is 16.7 Å². The number of rotatable bonds is 3. The van der Waals surface area contributed by atoms with Crippen molar-refractivity contribution in [2.75, 3.05) is 5.43 Å². The molecule has 2 rings (SSSR count). The fraction of sp³-hybridized carbons (Fsp3) is 0.308. The average molecular weight is 233 g/mol. The normalized spacial score (nSPS) is 10.8. The molecule has 2 aromatic rings. The minimum Gasteiger partial charge on any atom is -0.308 e. The van der Waals surface area contributed by atoms with Crippen molar-refractivity contribution in [1.29, 1.82) is 0 Å². The number of anilines is 1. The predicted octanol–water partition coefficient (Wildman–Crippen LogP) is 2.92. The Labute approximate surface area is 99.8 Å². The number of aromatic nitrogens is 1. The van der Waals surface area contributed by atoms with Crippen LogP contribution in [0.5, 0.6) is 0 Å². The highest BCUT2D eigenvalue weighted by molar-refractivity contribution is 5.84. The smallest absolute Gasteiger partial charge is 0.143 e. The number of aryl methyl sites for hydroxylation is 2. The van der Waals surface area contributed by atoms with Gasteiger partial charge in [-0.1, -0.05) is 13.3 Å². The molecule has 0 saturated carbocycles. The van der Waals surface area contributed by atoms with E-state index in [1.807, 2.05) is 13.0 Å². The van der Waals surface area contributed by atoms with E-state index in [1.165, 1.54) is 12.1 Å². The van der Waals surface area contributed by atoms with Crippen molar-refractivity contribution in [3.05, 3.63) is 35.1 Å². The molecule has 3 N–H and O–H groups in total. The minimum absolute atomic E-state index is 0.229. The van der Waals surface area contributed by atoms with Gasteiger partial charge in [-0.3, -0.25) is 0 Å². The molecule has 90 valence electrons. The molecule has 0 unspecified atom stereocenters. The van der Waals surface area contributed by atoms with Gasteiger partial charge in [0.2, 0.25) is 0 Å². The summed E-state index contributed by atoms with van der Waals surface area (Å²) in [5.41, 5.74) is 5.24. The fourth-order valence-corrected chi connectivity index (χ4v) is 2.05. The summed E-state index contributed by atoms with van der Waals surface area (Å²) in [5.74, 6) is 5.91. The second kappa shape index (κ2) is 4.67. The molecule has 1 aromatic heterocycles. The Balaban J connectivity index is 2.69. The largest absolute Gasteiger partial charge is 0.308 e. The van der Waals surface area contributed by atoms with Crippen LogP contribution in [0.3, 0.4) is 0 Å². The molecule has 1 heterocycles. The number of halogens is 1. The molecule has 0 aliphatic rings. The van der Waals surface area contributed by atoms with Crippen LogP contribution in [0.2, 0.25) is 0 Å². The first-order valence-corrected chi connectivity index (χ1v) is 5.72. The number of benzene rings is 1. The third-order valence-electron chi connectivity index (χ3n) is 2.81. The fourth-order valence-electron chi connectivity index (χ4n) is 2.05. The van der Waals surface area contributed by atoms with Crippen molar-refractivity contribution in [1.82, 2.24) is 4.98 Å². The number of nitrogens with one attached hydrogen (secondary N) is 1. The molecular weight excluding hydrogens is 217 g/mol. The van der Waals surface area contributed by atoms with Crippen molar-refractivity contribution < 1.29 is 4.39 Å². The van der Waals surface area contributed by atoms with Gasteiger partial charge in [-0.2, -0.15) is 0 Å². The highest BCUT2D eigenvalue weighted by atomic mass is 19.1. The molecule has 17 heavy (non-hydrogen) atoms.